The standard InChI is InChI=1S/C13H22N2O/c1-4-6-12(7-5-2)13(16)15-9-8-14-11(3)10-15/h4-5,11-12,14H,1-2,6-10H2,3H3. The van der Waals surface area contributed by atoms with Gasteiger partial charge in [0, 0.05) is 31.6 Å². The van der Waals surface area contributed by atoms with Crippen LogP contribution in [0.25, 0.3) is 0 Å². The monoisotopic (exact) mass is 222 g/mol. The second-order valence-corrected chi connectivity index (χ2v) is 4.39. The number of hydrogen-bond donors (Lipinski definition) is 1. The number of amides is 1. The molecule has 16 heavy (non-hydrogen) atoms. The van der Waals surface area contributed by atoms with Crippen molar-refractivity contribution in [1.82, 2.24) is 10.2 Å². The van der Waals surface area contributed by atoms with Crippen LogP contribution in [0.4, 0.5) is 0 Å². The first-order valence-corrected chi connectivity index (χ1v) is 5.93. The molecule has 90 valence electrons. The number of hydrogen-bond acceptors (Lipinski definition) is 2. The van der Waals surface area contributed by atoms with Gasteiger partial charge in [0.25, 0.3) is 0 Å². The van der Waals surface area contributed by atoms with Crippen molar-refractivity contribution in [1.29, 1.82) is 0 Å². The third kappa shape index (κ3) is 3.49. The van der Waals surface area contributed by atoms with Crippen molar-refractivity contribution in [3.8, 4) is 0 Å². The molecule has 1 N–H and O–H groups in total. The topological polar surface area (TPSA) is 32.3 Å². The molecule has 0 aromatic heterocycles. The Morgan fingerprint density at radius 1 is 1.50 bits per heavy atom. The molecule has 0 radical (unpaired) electrons. The first kappa shape index (κ1) is 13.0. The lowest BCUT2D eigenvalue weighted by Crippen LogP contribution is -2.52. The Hall–Kier alpha value is -1.09. The summed E-state index contributed by atoms with van der Waals surface area (Å²) in [6.45, 7) is 12.0. The van der Waals surface area contributed by atoms with Crippen LogP contribution >= 0.6 is 0 Å². The molecule has 1 amide bonds. The smallest absolute Gasteiger partial charge is 0.226 e. The molecule has 0 aromatic rings. The Morgan fingerprint density at radius 2 is 2.12 bits per heavy atom. The first-order chi connectivity index (χ1) is 7.69. The van der Waals surface area contributed by atoms with Crippen LogP contribution < -0.4 is 5.32 Å². The van der Waals surface area contributed by atoms with Gasteiger partial charge in [-0.2, -0.15) is 0 Å². The zero-order valence-electron chi connectivity index (χ0n) is 10.1. The highest BCUT2D eigenvalue weighted by Gasteiger charge is 2.25. The third-order valence-corrected chi connectivity index (χ3v) is 2.93. The summed E-state index contributed by atoms with van der Waals surface area (Å²) in [5.41, 5.74) is 0. The molecule has 0 bridgehead atoms. The Balaban J connectivity index is 2.57. The van der Waals surface area contributed by atoms with Crippen LogP contribution in [0, 0.1) is 5.92 Å². The minimum Gasteiger partial charge on any atom is -0.340 e. The molecule has 1 fully saturated rings. The summed E-state index contributed by atoms with van der Waals surface area (Å²) < 4.78 is 0. The van der Waals surface area contributed by atoms with E-state index in [1.54, 1.807) is 0 Å². The summed E-state index contributed by atoms with van der Waals surface area (Å²) in [6, 6.07) is 0.394. The van der Waals surface area contributed by atoms with E-state index >= 15 is 0 Å². The predicted octanol–water partition coefficient (Wildman–Crippen LogP) is 1.58. The zero-order chi connectivity index (χ0) is 12.0. The number of nitrogens with one attached hydrogen (secondary N) is 1. The molecule has 3 heteroatoms. The van der Waals surface area contributed by atoms with Gasteiger partial charge in [0.15, 0.2) is 0 Å². The molecule has 1 unspecified atom stereocenters. The van der Waals surface area contributed by atoms with E-state index in [4.69, 9.17) is 0 Å². The minimum absolute atomic E-state index is 0.0281. The fourth-order valence-electron chi connectivity index (χ4n) is 2.09. The molecule has 1 aliphatic heterocycles. The fourth-order valence-corrected chi connectivity index (χ4v) is 2.09. The van der Waals surface area contributed by atoms with Gasteiger partial charge in [0.1, 0.15) is 0 Å². The third-order valence-electron chi connectivity index (χ3n) is 2.93. The molecule has 1 heterocycles. The molecule has 0 spiro atoms. The molecular formula is C13H22N2O. The van der Waals surface area contributed by atoms with Crippen molar-refractivity contribution in [2.75, 3.05) is 19.6 Å². The van der Waals surface area contributed by atoms with Gasteiger partial charge in [0.2, 0.25) is 5.91 Å². The maximum absolute atomic E-state index is 12.2. The summed E-state index contributed by atoms with van der Waals surface area (Å²) in [4.78, 5) is 14.2. The lowest BCUT2D eigenvalue weighted by atomic mass is 9.99. The van der Waals surface area contributed by atoms with E-state index in [-0.39, 0.29) is 11.8 Å². The van der Waals surface area contributed by atoms with Crippen molar-refractivity contribution in [3.05, 3.63) is 25.3 Å². The molecule has 3 nitrogen and oxygen atoms in total. The number of carbonyl (C=O) groups is 1. The van der Waals surface area contributed by atoms with E-state index in [1.165, 1.54) is 0 Å². The largest absolute Gasteiger partial charge is 0.340 e. The van der Waals surface area contributed by atoms with Crippen molar-refractivity contribution in [3.63, 3.8) is 0 Å². The fraction of sp³-hybridized carbons (Fsp3) is 0.615. The van der Waals surface area contributed by atoms with Crippen LogP contribution in [-0.4, -0.2) is 36.5 Å². The van der Waals surface area contributed by atoms with Gasteiger partial charge in [0.05, 0.1) is 0 Å². The van der Waals surface area contributed by atoms with Gasteiger partial charge >= 0.3 is 0 Å². The maximum atomic E-state index is 12.2. The Labute approximate surface area is 98.2 Å². The van der Waals surface area contributed by atoms with E-state index < -0.39 is 0 Å². The molecule has 1 saturated heterocycles. The average molecular weight is 222 g/mol. The summed E-state index contributed by atoms with van der Waals surface area (Å²) in [5, 5.41) is 3.34. The summed E-state index contributed by atoms with van der Waals surface area (Å²) in [7, 11) is 0. The lowest BCUT2D eigenvalue weighted by molar-refractivity contribution is -0.136. The van der Waals surface area contributed by atoms with Crippen LogP contribution in [0.2, 0.25) is 0 Å². The van der Waals surface area contributed by atoms with E-state index in [9.17, 15) is 4.79 Å². The average Bonchev–Trinajstić information content (AvgIpc) is 2.28. The lowest BCUT2D eigenvalue weighted by Gasteiger charge is -2.34. The Kier molecular flexibility index (Phi) is 5.26. The van der Waals surface area contributed by atoms with Gasteiger partial charge in [-0.15, -0.1) is 13.2 Å². The van der Waals surface area contributed by atoms with Crippen molar-refractivity contribution in [2.45, 2.75) is 25.8 Å². The highest BCUT2D eigenvalue weighted by Crippen LogP contribution is 2.15. The number of carbonyl (C=O) groups excluding carboxylic acids is 1. The highest BCUT2D eigenvalue weighted by atomic mass is 16.2. The van der Waals surface area contributed by atoms with E-state index in [0.29, 0.717) is 6.04 Å². The second-order valence-electron chi connectivity index (χ2n) is 4.39. The van der Waals surface area contributed by atoms with Gasteiger partial charge < -0.3 is 10.2 Å². The van der Waals surface area contributed by atoms with Crippen LogP contribution in [0.5, 0.6) is 0 Å². The van der Waals surface area contributed by atoms with Crippen LogP contribution in [-0.2, 0) is 4.79 Å². The van der Waals surface area contributed by atoms with Gasteiger partial charge in [-0.1, -0.05) is 12.2 Å². The van der Waals surface area contributed by atoms with E-state index in [1.807, 2.05) is 17.1 Å². The molecule has 1 atom stereocenters. The molecular weight excluding hydrogens is 200 g/mol. The molecule has 1 aliphatic rings. The van der Waals surface area contributed by atoms with E-state index in [2.05, 4.69) is 25.4 Å². The summed E-state index contributed by atoms with van der Waals surface area (Å²) in [5.74, 6) is 0.272. The van der Waals surface area contributed by atoms with Gasteiger partial charge in [-0.3, -0.25) is 4.79 Å². The van der Waals surface area contributed by atoms with Crippen LogP contribution in [0.3, 0.4) is 0 Å². The highest BCUT2D eigenvalue weighted by molar-refractivity contribution is 5.79. The number of rotatable bonds is 5. The zero-order valence-corrected chi connectivity index (χ0v) is 10.1. The molecule has 0 saturated carbocycles. The second kappa shape index (κ2) is 6.48. The van der Waals surface area contributed by atoms with E-state index in [0.717, 1.165) is 32.5 Å². The molecule has 0 aliphatic carbocycles. The molecule has 1 rings (SSSR count). The Bertz CT molecular complexity index is 253. The van der Waals surface area contributed by atoms with Crippen LogP contribution in [0.15, 0.2) is 25.3 Å². The van der Waals surface area contributed by atoms with Crippen molar-refractivity contribution >= 4 is 5.91 Å². The predicted molar refractivity (Wildman–Crippen MR) is 67.2 cm³/mol. The molecule has 0 aromatic carbocycles. The summed E-state index contributed by atoms with van der Waals surface area (Å²) in [6.07, 6.45) is 5.11. The minimum atomic E-state index is 0.0281. The van der Waals surface area contributed by atoms with Crippen molar-refractivity contribution in [2.24, 2.45) is 5.92 Å². The van der Waals surface area contributed by atoms with Crippen LogP contribution in [0.1, 0.15) is 19.8 Å². The SMILES string of the molecule is C=CCC(CC=C)C(=O)N1CCNC(C)C1. The maximum Gasteiger partial charge on any atom is 0.226 e. The number of nitrogens with zero attached hydrogens (tertiary/aromatic N) is 1. The Morgan fingerprint density at radius 3 is 2.62 bits per heavy atom. The number of allylic oxidation sites excluding steroid dienone is 2. The van der Waals surface area contributed by atoms with Gasteiger partial charge in [-0.05, 0) is 19.8 Å². The van der Waals surface area contributed by atoms with Crippen molar-refractivity contribution < 1.29 is 4.79 Å². The normalized spacial score (nSPS) is 20.9. The van der Waals surface area contributed by atoms with Gasteiger partial charge in [-0.25, -0.2) is 0 Å². The quantitative estimate of drug-likeness (QED) is 0.716. The summed E-state index contributed by atoms with van der Waals surface area (Å²) >= 11 is 0. The number of piperazine rings is 1. The first-order valence-electron chi connectivity index (χ1n) is 5.93.